The predicted octanol–water partition coefficient (Wildman–Crippen LogP) is 2.20. The monoisotopic (exact) mass is 373 g/mol. The van der Waals surface area contributed by atoms with E-state index < -0.39 is 10.0 Å². The fraction of sp³-hybridized carbons (Fsp3) is 0.316. The SMILES string of the molecule is Cc1ccc(C)c(S(=O)(=O)Nc2cccc(C(=O)NC3CCNC3)c2)c1. The normalized spacial score (nSPS) is 17.1. The lowest BCUT2D eigenvalue weighted by Crippen LogP contribution is -2.36. The molecular formula is C19H23N3O3S. The summed E-state index contributed by atoms with van der Waals surface area (Å²) >= 11 is 0. The van der Waals surface area contributed by atoms with Crippen molar-refractivity contribution < 1.29 is 13.2 Å². The minimum Gasteiger partial charge on any atom is -0.348 e. The average Bonchev–Trinajstić information content (AvgIpc) is 3.09. The van der Waals surface area contributed by atoms with Gasteiger partial charge in [0.2, 0.25) is 0 Å². The number of rotatable bonds is 5. The number of sulfonamides is 1. The lowest BCUT2D eigenvalue weighted by molar-refractivity contribution is 0.0940. The molecule has 2 aromatic carbocycles. The molecule has 6 nitrogen and oxygen atoms in total. The Morgan fingerprint density at radius 3 is 2.69 bits per heavy atom. The number of hydrogen-bond acceptors (Lipinski definition) is 4. The summed E-state index contributed by atoms with van der Waals surface area (Å²) in [5, 5.41) is 6.15. The summed E-state index contributed by atoms with van der Waals surface area (Å²) < 4.78 is 28.0. The van der Waals surface area contributed by atoms with Crippen LogP contribution >= 0.6 is 0 Å². The number of carbonyl (C=O) groups is 1. The fourth-order valence-electron chi connectivity index (χ4n) is 2.98. The van der Waals surface area contributed by atoms with Crippen LogP contribution in [0.1, 0.15) is 27.9 Å². The predicted molar refractivity (Wildman–Crippen MR) is 102 cm³/mol. The number of benzene rings is 2. The number of carbonyl (C=O) groups excluding carboxylic acids is 1. The van der Waals surface area contributed by atoms with E-state index in [1.807, 2.05) is 13.0 Å². The Balaban J connectivity index is 1.79. The maximum atomic E-state index is 12.7. The number of anilines is 1. The van der Waals surface area contributed by atoms with E-state index in [1.165, 1.54) is 0 Å². The van der Waals surface area contributed by atoms with Crippen LogP contribution in [-0.2, 0) is 10.0 Å². The standard InChI is InChI=1S/C19H23N3O3S/c1-13-6-7-14(2)18(10-13)26(24,25)22-16-5-3-4-15(11-16)19(23)21-17-8-9-20-12-17/h3-7,10-11,17,20,22H,8-9,12H2,1-2H3,(H,21,23). The summed E-state index contributed by atoms with van der Waals surface area (Å²) in [6.07, 6.45) is 0.894. The second kappa shape index (κ2) is 7.47. The minimum atomic E-state index is -3.72. The zero-order chi connectivity index (χ0) is 18.7. The van der Waals surface area contributed by atoms with Crippen molar-refractivity contribution in [2.24, 2.45) is 0 Å². The van der Waals surface area contributed by atoms with Crippen molar-refractivity contribution in [1.29, 1.82) is 0 Å². The van der Waals surface area contributed by atoms with Crippen LogP contribution < -0.4 is 15.4 Å². The van der Waals surface area contributed by atoms with Gasteiger partial charge in [-0.15, -0.1) is 0 Å². The van der Waals surface area contributed by atoms with Gasteiger partial charge in [-0.2, -0.15) is 0 Å². The lowest BCUT2D eigenvalue weighted by atomic mass is 10.1. The molecule has 0 radical (unpaired) electrons. The Bertz CT molecular complexity index is 919. The fourth-order valence-corrected chi connectivity index (χ4v) is 4.36. The van der Waals surface area contributed by atoms with E-state index >= 15 is 0 Å². The topological polar surface area (TPSA) is 87.3 Å². The number of amides is 1. The summed E-state index contributed by atoms with van der Waals surface area (Å²) in [6, 6.07) is 11.9. The molecule has 3 N–H and O–H groups in total. The Morgan fingerprint density at radius 1 is 1.15 bits per heavy atom. The van der Waals surface area contributed by atoms with Gasteiger partial charge in [0.15, 0.2) is 0 Å². The maximum Gasteiger partial charge on any atom is 0.262 e. The smallest absolute Gasteiger partial charge is 0.262 e. The molecule has 1 amide bonds. The number of aryl methyl sites for hydroxylation is 2. The van der Waals surface area contributed by atoms with Crippen LogP contribution in [0.15, 0.2) is 47.4 Å². The van der Waals surface area contributed by atoms with E-state index in [0.29, 0.717) is 16.8 Å². The van der Waals surface area contributed by atoms with E-state index in [-0.39, 0.29) is 16.8 Å². The average molecular weight is 373 g/mol. The van der Waals surface area contributed by atoms with Gasteiger partial charge in [0, 0.05) is 23.8 Å². The van der Waals surface area contributed by atoms with Gasteiger partial charge in [0.1, 0.15) is 0 Å². The zero-order valence-electron chi connectivity index (χ0n) is 14.9. The molecule has 0 saturated carbocycles. The van der Waals surface area contributed by atoms with E-state index in [4.69, 9.17) is 0 Å². The Morgan fingerprint density at radius 2 is 1.96 bits per heavy atom. The van der Waals surface area contributed by atoms with Gasteiger partial charge >= 0.3 is 0 Å². The molecule has 26 heavy (non-hydrogen) atoms. The van der Waals surface area contributed by atoms with Crippen LogP contribution in [-0.4, -0.2) is 33.5 Å². The second-order valence-electron chi connectivity index (χ2n) is 6.62. The zero-order valence-corrected chi connectivity index (χ0v) is 15.7. The minimum absolute atomic E-state index is 0.109. The quantitative estimate of drug-likeness (QED) is 0.750. The Labute approximate surface area is 154 Å². The molecule has 1 heterocycles. The van der Waals surface area contributed by atoms with Crippen molar-refractivity contribution in [2.45, 2.75) is 31.2 Å². The van der Waals surface area contributed by atoms with Crippen LogP contribution in [0.25, 0.3) is 0 Å². The third-order valence-electron chi connectivity index (χ3n) is 4.41. The van der Waals surface area contributed by atoms with Crippen molar-refractivity contribution in [2.75, 3.05) is 17.8 Å². The molecule has 1 unspecified atom stereocenters. The second-order valence-corrected chi connectivity index (χ2v) is 8.27. The van der Waals surface area contributed by atoms with E-state index in [0.717, 1.165) is 25.1 Å². The van der Waals surface area contributed by atoms with Gasteiger partial charge in [-0.1, -0.05) is 18.2 Å². The van der Waals surface area contributed by atoms with Gasteiger partial charge in [-0.05, 0) is 62.2 Å². The molecule has 1 atom stereocenters. The third-order valence-corrected chi connectivity index (χ3v) is 5.93. The number of hydrogen-bond donors (Lipinski definition) is 3. The van der Waals surface area contributed by atoms with Crippen LogP contribution in [0.5, 0.6) is 0 Å². The van der Waals surface area contributed by atoms with E-state index in [1.54, 1.807) is 43.3 Å². The van der Waals surface area contributed by atoms with Gasteiger partial charge in [0.25, 0.3) is 15.9 Å². The Kier molecular flexibility index (Phi) is 5.29. The van der Waals surface area contributed by atoms with Crippen molar-refractivity contribution in [3.05, 3.63) is 59.2 Å². The summed E-state index contributed by atoms with van der Waals surface area (Å²) in [4.78, 5) is 12.6. The highest BCUT2D eigenvalue weighted by Crippen LogP contribution is 2.21. The highest BCUT2D eigenvalue weighted by Gasteiger charge is 2.20. The van der Waals surface area contributed by atoms with Crippen molar-refractivity contribution in [3.63, 3.8) is 0 Å². The molecule has 1 aliphatic heterocycles. The van der Waals surface area contributed by atoms with E-state index in [2.05, 4.69) is 15.4 Å². The highest BCUT2D eigenvalue weighted by molar-refractivity contribution is 7.92. The third kappa shape index (κ3) is 4.23. The van der Waals surface area contributed by atoms with E-state index in [9.17, 15) is 13.2 Å². The van der Waals surface area contributed by atoms with Crippen LogP contribution in [0.4, 0.5) is 5.69 Å². The molecule has 0 aromatic heterocycles. The van der Waals surface area contributed by atoms with Crippen LogP contribution in [0.3, 0.4) is 0 Å². The van der Waals surface area contributed by atoms with Crippen LogP contribution in [0.2, 0.25) is 0 Å². The lowest BCUT2D eigenvalue weighted by Gasteiger charge is -2.14. The molecule has 1 fully saturated rings. The molecule has 138 valence electrons. The molecule has 3 rings (SSSR count). The first kappa shape index (κ1) is 18.4. The first-order chi connectivity index (χ1) is 12.3. The molecule has 1 saturated heterocycles. The van der Waals surface area contributed by atoms with Gasteiger partial charge in [0.05, 0.1) is 4.90 Å². The first-order valence-corrected chi connectivity index (χ1v) is 10.1. The molecule has 7 heteroatoms. The molecule has 0 aliphatic carbocycles. The molecule has 0 bridgehead atoms. The Hall–Kier alpha value is -2.38. The molecule has 2 aromatic rings. The maximum absolute atomic E-state index is 12.7. The molecule has 0 spiro atoms. The summed E-state index contributed by atoms with van der Waals surface area (Å²) in [6.45, 7) is 5.25. The van der Waals surface area contributed by atoms with Crippen molar-refractivity contribution in [3.8, 4) is 0 Å². The summed E-state index contributed by atoms with van der Waals surface area (Å²) in [7, 11) is -3.72. The summed E-state index contributed by atoms with van der Waals surface area (Å²) in [5.74, 6) is -0.202. The number of nitrogens with one attached hydrogen (secondary N) is 3. The summed E-state index contributed by atoms with van der Waals surface area (Å²) in [5.41, 5.74) is 2.33. The molecular weight excluding hydrogens is 350 g/mol. The largest absolute Gasteiger partial charge is 0.348 e. The van der Waals surface area contributed by atoms with Gasteiger partial charge in [-0.25, -0.2) is 8.42 Å². The van der Waals surface area contributed by atoms with Crippen molar-refractivity contribution >= 4 is 21.6 Å². The van der Waals surface area contributed by atoms with Crippen molar-refractivity contribution in [1.82, 2.24) is 10.6 Å². The highest BCUT2D eigenvalue weighted by atomic mass is 32.2. The molecule has 1 aliphatic rings. The first-order valence-electron chi connectivity index (χ1n) is 8.57. The van der Waals surface area contributed by atoms with Crippen LogP contribution in [0, 0.1) is 13.8 Å². The van der Waals surface area contributed by atoms with Gasteiger partial charge in [-0.3, -0.25) is 9.52 Å². The van der Waals surface area contributed by atoms with Gasteiger partial charge < -0.3 is 10.6 Å².